The van der Waals surface area contributed by atoms with Crippen molar-refractivity contribution in [2.24, 2.45) is 12.8 Å². The second-order valence-electron chi connectivity index (χ2n) is 5.66. The minimum Gasteiger partial charge on any atom is -0.331 e. The number of hydrogen-bond acceptors (Lipinski definition) is 2. The standard InChI is InChI=1S/C14H17N3/c1-17-12-5-4-10(14(15)6-7-14)8-11(12)16-13(17)9-2-3-9/h4-5,8-9H,2-3,6-7,15H2,1H3. The number of imidazole rings is 1. The van der Waals surface area contributed by atoms with Gasteiger partial charge in [0.25, 0.3) is 0 Å². The van der Waals surface area contributed by atoms with Crippen LogP contribution in [0.2, 0.25) is 0 Å². The van der Waals surface area contributed by atoms with E-state index >= 15 is 0 Å². The van der Waals surface area contributed by atoms with Crippen molar-refractivity contribution in [2.75, 3.05) is 0 Å². The largest absolute Gasteiger partial charge is 0.331 e. The van der Waals surface area contributed by atoms with Gasteiger partial charge in [0.05, 0.1) is 11.0 Å². The highest BCUT2D eigenvalue weighted by Gasteiger charge is 2.40. The molecule has 0 bridgehead atoms. The fourth-order valence-electron chi connectivity index (χ4n) is 2.66. The van der Waals surface area contributed by atoms with Crippen LogP contribution >= 0.6 is 0 Å². The molecule has 0 spiro atoms. The lowest BCUT2D eigenvalue weighted by atomic mass is 10.1. The van der Waals surface area contributed by atoms with E-state index in [4.69, 9.17) is 10.7 Å². The number of nitrogens with zero attached hydrogens (tertiary/aromatic N) is 2. The van der Waals surface area contributed by atoms with Crippen LogP contribution in [0.3, 0.4) is 0 Å². The van der Waals surface area contributed by atoms with Crippen LogP contribution in [-0.4, -0.2) is 9.55 Å². The van der Waals surface area contributed by atoms with Crippen LogP contribution in [0.1, 0.15) is 43.0 Å². The maximum absolute atomic E-state index is 6.24. The van der Waals surface area contributed by atoms with Crippen LogP contribution in [0.25, 0.3) is 11.0 Å². The van der Waals surface area contributed by atoms with Crippen molar-refractivity contribution in [1.29, 1.82) is 0 Å². The number of fused-ring (bicyclic) bond motifs is 1. The molecule has 1 heterocycles. The Balaban J connectivity index is 1.89. The summed E-state index contributed by atoms with van der Waals surface area (Å²) >= 11 is 0. The van der Waals surface area contributed by atoms with E-state index in [0.717, 1.165) is 18.4 Å². The molecule has 0 aliphatic heterocycles. The first kappa shape index (κ1) is 9.66. The maximum Gasteiger partial charge on any atom is 0.112 e. The number of aryl methyl sites for hydroxylation is 1. The predicted molar refractivity (Wildman–Crippen MR) is 67.8 cm³/mol. The third kappa shape index (κ3) is 1.35. The quantitative estimate of drug-likeness (QED) is 0.856. The molecule has 4 rings (SSSR count). The Morgan fingerprint density at radius 2 is 2.12 bits per heavy atom. The van der Waals surface area contributed by atoms with E-state index in [9.17, 15) is 0 Å². The second-order valence-corrected chi connectivity index (χ2v) is 5.66. The summed E-state index contributed by atoms with van der Waals surface area (Å²) < 4.78 is 2.24. The lowest BCUT2D eigenvalue weighted by Crippen LogP contribution is -2.18. The first-order valence-corrected chi connectivity index (χ1v) is 6.43. The van der Waals surface area contributed by atoms with Crippen molar-refractivity contribution < 1.29 is 0 Å². The molecule has 2 N–H and O–H groups in total. The molecule has 17 heavy (non-hydrogen) atoms. The first-order chi connectivity index (χ1) is 8.17. The zero-order chi connectivity index (χ0) is 11.6. The summed E-state index contributed by atoms with van der Waals surface area (Å²) in [7, 11) is 2.12. The maximum atomic E-state index is 6.24. The average molecular weight is 227 g/mol. The smallest absolute Gasteiger partial charge is 0.112 e. The van der Waals surface area contributed by atoms with Crippen molar-refractivity contribution in [1.82, 2.24) is 9.55 Å². The van der Waals surface area contributed by atoms with Crippen LogP contribution < -0.4 is 5.73 Å². The lowest BCUT2D eigenvalue weighted by Gasteiger charge is -2.08. The minimum absolute atomic E-state index is 0.0501. The van der Waals surface area contributed by atoms with Crippen LogP contribution in [-0.2, 0) is 12.6 Å². The lowest BCUT2D eigenvalue weighted by molar-refractivity contribution is 0.741. The van der Waals surface area contributed by atoms with Gasteiger partial charge in [0.1, 0.15) is 5.82 Å². The fourth-order valence-corrected chi connectivity index (χ4v) is 2.66. The number of benzene rings is 1. The van der Waals surface area contributed by atoms with Gasteiger partial charge in [0.2, 0.25) is 0 Å². The van der Waals surface area contributed by atoms with Gasteiger partial charge in [-0.3, -0.25) is 0 Å². The van der Waals surface area contributed by atoms with Crippen LogP contribution in [0.5, 0.6) is 0 Å². The van der Waals surface area contributed by atoms with E-state index in [1.165, 1.54) is 29.7 Å². The van der Waals surface area contributed by atoms with Gasteiger partial charge in [-0.1, -0.05) is 6.07 Å². The Kier molecular flexibility index (Phi) is 1.65. The molecule has 1 aromatic heterocycles. The van der Waals surface area contributed by atoms with Gasteiger partial charge in [-0.25, -0.2) is 4.98 Å². The average Bonchev–Trinajstić information content (AvgIpc) is 3.23. The Morgan fingerprint density at radius 3 is 2.76 bits per heavy atom. The molecule has 2 saturated carbocycles. The van der Waals surface area contributed by atoms with E-state index in [1.54, 1.807) is 0 Å². The molecule has 3 heteroatoms. The molecule has 1 aromatic carbocycles. The van der Waals surface area contributed by atoms with Crippen molar-refractivity contribution in [2.45, 2.75) is 37.1 Å². The highest BCUT2D eigenvalue weighted by Crippen LogP contribution is 2.44. The van der Waals surface area contributed by atoms with E-state index in [0.29, 0.717) is 5.92 Å². The zero-order valence-electron chi connectivity index (χ0n) is 10.1. The third-order valence-electron chi connectivity index (χ3n) is 4.22. The summed E-state index contributed by atoms with van der Waals surface area (Å²) in [5.74, 6) is 1.95. The SMILES string of the molecule is Cn1c(C2CC2)nc2cc(C3(N)CC3)ccc21. The van der Waals surface area contributed by atoms with E-state index in [2.05, 4.69) is 29.8 Å². The molecule has 2 fully saturated rings. The molecule has 3 nitrogen and oxygen atoms in total. The molecule has 88 valence electrons. The Bertz CT molecular complexity index is 603. The fraction of sp³-hybridized carbons (Fsp3) is 0.500. The van der Waals surface area contributed by atoms with Gasteiger partial charge in [0.15, 0.2) is 0 Å². The molecule has 0 saturated heterocycles. The van der Waals surface area contributed by atoms with Crippen LogP contribution in [0, 0.1) is 0 Å². The number of nitrogens with two attached hydrogens (primary N) is 1. The first-order valence-electron chi connectivity index (χ1n) is 6.43. The molecule has 0 amide bonds. The number of aromatic nitrogens is 2. The number of hydrogen-bond donors (Lipinski definition) is 1. The van der Waals surface area contributed by atoms with Gasteiger partial charge < -0.3 is 10.3 Å². The normalized spacial score (nSPS) is 22.0. The van der Waals surface area contributed by atoms with Crippen LogP contribution in [0.15, 0.2) is 18.2 Å². The van der Waals surface area contributed by atoms with Gasteiger partial charge in [-0.2, -0.15) is 0 Å². The van der Waals surface area contributed by atoms with E-state index < -0.39 is 0 Å². The molecule has 2 aliphatic carbocycles. The predicted octanol–water partition coefficient (Wildman–Crippen LogP) is 2.40. The molecule has 0 radical (unpaired) electrons. The topological polar surface area (TPSA) is 43.8 Å². The molecule has 0 atom stereocenters. The molecular formula is C14H17N3. The summed E-state index contributed by atoms with van der Waals surface area (Å²) in [6, 6.07) is 6.54. The number of rotatable bonds is 2. The molecule has 2 aliphatic rings. The van der Waals surface area contributed by atoms with Gasteiger partial charge >= 0.3 is 0 Å². The van der Waals surface area contributed by atoms with Crippen molar-refractivity contribution >= 4 is 11.0 Å². The minimum atomic E-state index is -0.0501. The van der Waals surface area contributed by atoms with Crippen LogP contribution in [0.4, 0.5) is 0 Å². The summed E-state index contributed by atoms with van der Waals surface area (Å²) in [5.41, 5.74) is 9.80. The van der Waals surface area contributed by atoms with Gasteiger partial charge in [0, 0.05) is 18.5 Å². The molecule has 0 unspecified atom stereocenters. The summed E-state index contributed by atoms with van der Waals surface area (Å²) in [6.45, 7) is 0. The third-order valence-corrected chi connectivity index (χ3v) is 4.22. The van der Waals surface area contributed by atoms with Gasteiger partial charge in [-0.05, 0) is 43.4 Å². The molecule has 2 aromatic rings. The van der Waals surface area contributed by atoms with Gasteiger partial charge in [-0.15, -0.1) is 0 Å². The Hall–Kier alpha value is -1.35. The summed E-state index contributed by atoms with van der Waals surface area (Å²) in [4.78, 5) is 4.78. The molecular weight excluding hydrogens is 210 g/mol. The highest BCUT2D eigenvalue weighted by molar-refractivity contribution is 5.77. The summed E-state index contributed by atoms with van der Waals surface area (Å²) in [6.07, 6.45) is 4.82. The van der Waals surface area contributed by atoms with Crippen molar-refractivity contribution in [3.8, 4) is 0 Å². The zero-order valence-corrected chi connectivity index (χ0v) is 10.1. The van der Waals surface area contributed by atoms with Crippen molar-refractivity contribution in [3.05, 3.63) is 29.6 Å². The van der Waals surface area contributed by atoms with E-state index in [-0.39, 0.29) is 5.54 Å². The Labute approximate surface area is 101 Å². The van der Waals surface area contributed by atoms with E-state index in [1.807, 2.05) is 0 Å². The Morgan fingerprint density at radius 1 is 1.35 bits per heavy atom. The van der Waals surface area contributed by atoms with Crippen molar-refractivity contribution in [3.63, 3.8) is 0 Å². The highest BCUT2D eigenvalue weighted by atomic mass is 15.1. The summed E-state index contributed by atoms with van der Waals surface area (Å²) in [5, 5.41) is 0. The second kappa shape index (κ2) is 2.91. The monoisotopic (exact) mass is 227 g/mol.